The SMILES string of the molecule is Cc1ccc(-c2c(-c3ccc(Br)cc3)cnc3[nH]c4ccc([N+](=O)[O-])cc4c23)cc1. The third-order valence-electron chi connectivity index (χ3n) is 5.31. The van der Waals surface area contributed by atoms with Gasteiger partial charge in [0.25, 0.3) is 5.69 Å². The van der Waals surface area contributed by atoms with Crippen LogP contribution in [0, 0.1) is 17.0 Å². The van der Waals surface area contributed by atoms with E-state index < -0.39 is 0 Å². The van der Waals surface area contributed by atoms with Gasteiger partial charge in [-0.15, -0.1) is 0 Å². The number of aromatic nitrogens is 2. The van der Waals surface area contributed by atoms with E-state index in [0.717, 1.165) is 43.0 Å². The smallest absolute Gasteiger partial charge is 0.270 e. The second-order valence-electron chi connectivity index (χ2n) is 7.26. The number of hydrogen-bond acceptors (Lipinski definition) is 3. The van der Waals surface area contributed by atoms with Crippen LogP contribution in [0.3, 0.4) is 0 Å². The number of aryl methyl sites for hydroxylation is 1. The van der Waals surface area contributed by atoms with Crippen LogP contribution in [0.2, 0.25) is 0 Å². The zero-order valence-electron chi connectivity index (χ0n) is 16.0. The van der Waals surface area contributed by atoms with Crippen LogP contribution in [0.25, 0.3) is 44.2 Å². The van der Waals surface area contributed by atoms with E-state index in [0.29, 0.717) is 5.65 Å². The molecule has 0 fully saturated rings. The minimum Gasteiger partial charge on any atom is -0.339 e. The topological polar surface area (TPSA) is 71.8 Å². The minimum atomic E-state index is -0.365. The largest absolute Gasteiger partial charge is 0.339 e. The zero-order chi connectivity index (χ0) is 20.8. The fraction of sp³-hybridized carbons (Fsp3) is 0.0417. The van der Waals surface area contributed by atoms with Crippen molar-refractivity contribution < 1.29 is 4.92 Å². The van der Waals surface area contributed by atoms with Crippen LogP contribution in [0.15, 0.2) is 77.4 Å². The van der Waals surface area contributed by atoms with Gasteiger partial charge in [0.1, 0.15) is 5.65 Å². The molecular weight excluding hydrogens is 442 g/mol. The van der Waals surface area contributed by atoms with Gasteiger partial charge in [0.05, 0.1) is 4.92 Å². The molecule has 5 nitrogen and oxygen atoms in total. The van der Waals surface area contributed by atoms with Crippen molar-refractivity contribution in [1.82, 2.24) is 9.97 Å². The molecule has 0 bridgehead atoms. The number of hydrogen-bond donors (Lipinski definition) is 1. The number of benzene rings is 3. The van der Waals surface area contributed by atoms with Crippen LogP contribution in [-0.4, -0.2) is 14.9 Å². The highest BCUT2D eigenvalue weighted by Crippen LogP contribution is 2.41. The first-order valence-corrected chi connectivity index (χ1v) is 10.2. The van der Waals surface area contributed by atoms with Gasteiger partial charge in [-0.05, 0) is 36.2 Å². The van der Waals surface area contributed by atoms with Crippen LogP contribution in [-0.2, 0) is 0 Å². The summed E-state index contributed by atoms with van der Waals surface area (Å²) >= 11 is 3.49. The van der Waals surface area contributed by atoms with Crippen molar-refractivity contribution >= 4 is 43.6 Å². The predicted molar refractivity (Wildman–Crippen MR) is 124 cm³/mol. The number of pyridine rings is 1. The lowest BCUT2D eigenvalue weighted by atomic mass is 9.92. The minimum absolute atomic E-state index is 0.0623. The van der Waals surface area contributed by atoms with E-state index in [1.165, 1.54) is 11.6 Å². The lowest BCUT2D eigenvalue weighted by molar-refractivity contribution is -0.384. The van der Waals surface area contributed by atoms with Gasteiger partial charge in [0, 0.05) is 50.2 Å². The van der Waals surface area contributed by atoms with Crippen molar-refractivity contribution in [3.8, 4) is 22.3 Å². The Hall–Kier alpha value is -3.51. The molecular formula is C24H16BrN3O2. The Kier molecular flexibility index (Phi) is 4.37. The number of nitro benzene ring substituents is 1. The van der Waals surface area contributed by atoms with Gasteiger partial charge in [-0.2, -0.15) is 0 Å². The fourth-order valence-corrected chi connectivity index (χ4v) is 4.09. The van der Waals surface area contributed by atoms with Gasteiger partial charge in [0.15, 0.2) is 0 Å². The third kappa shape index (κ3) is 3.06. The number of nitrogens with zero attached hydrogens (tertiary/aromatic N) is 2. The number of halogens is 1. The first kappa shape index (κ1) is 18.5. The summed E-state index contributed by atoms with van der Waals surface area (Å²) in [6, 6.07) is 21.3. The predicted octanol–water partition coefficient (Wildman–Crippen LogP) is 7.03. The van der Waals surface area contributed by atoms with E-state index in [-0.39, 0.29) is 10.6 Å². The Bertz CT molecular complexity index is 1420. The summed E-state index contributed by atoms with van der Waals surface area (Å²) < 4.78 is 1.000. The molecule has 0 unspecified atom stereocenters. The van der Waals surface area contributed by atoms with Gasteiger partial charge >= 0.3 is 0 Å². The van der Waals surface area contributed by atoms with Gasteiger partial charge in [-0.1, -0.05) is 57.9 Å². The molecule has 0 radical (unpaired) electrons. The lowest BCUT2D eigenvalue weighted by Gasteiger charge is -2.12. The van der Waals surface area contributed by atoms with Crippen molar-refractivity contribution in [2.24, 2.45) is 0 Å². The molecule has 0 aliphatic carbocycles. The van der Waals surface area contributed by atoms with Crippen molar-refractivity contribution in [3.63, 3.8) is 0 Å². The van der Waals surface area contributed by atoms with E-state index in [2.05, 4.69) is 57.1 Å². The molecule has 30 heavy (non-hydrogen) atoms. The van der Waals surface area contributed by atoms with E-state index in [4.69, 9.17) is 0 Å². The van der Waals surface area contributed by atoms with Crippen molar-refractivity contribution in [1.29, 1.82) is 0 Å². The number of non-ortho nitro benzene ring substituents is 1. The quantitative estimate of drug-likeness (QED) is 0.233. The maximum atomic E-state index is 11.4. The lowest BCUT2D eigenvalue weighted by Crippen LogP contribution is -1.90. The second-order valence-corrected chi connectivity index (χ2v) is 8.17. The molecule has 146 valence electrons. The molecule has 0 amide bonds. The fourth-order valence-electron chi connectivity index (χ4n) is 3.83. The molecule has 5 aromatic rings. The highest BCUT2D eigenvalue weighted by atomic mass is 79.9. The molecule has 6 heteroatoms. The molecule has 0 saturated heterocycles. The zero-order valence-corrected chi connectivity index (χ0v) is 17.6. The molecule has 0 spiro atoms. The van der Waals surface area contributed by atoms with Crippen LogP contribution >= 0.6 is 15.9 Å². The monoisotopic (exact) mass is 457 g/mol. The average molecular weight is 458 g/mol. The number of fused-ring (bicyclic) bond motifs is 3. The summed E-state index contributed by atoms with van der Waals surface area (Å²) in [5, 5.41) is 13.1. The summed E-state index contributed by atoms with van der Waals surface area (Å²) in [5.41, 5.74) is 6.82. The van der Waals surface area contributed by atoms with Gasteiger partial charge in [0.2, 0.25) is 0 Å². The summed E-state index contributed by atoms with van der Waals surface area (Å²) in [6.07, 6.45) is 1.87. The number of H-pyrrole nitrogens is 1. The Morgan fingerprint density at radius 3 is 2.37 bits per heavy atom. The van der Waals surface area contributed by atoms with Crippen LogP contribution in [0.4, 0.5) is 5.69 Å². The Morgan fingerprint density at radius 1 is 0.967 bits per heavy atom. The molecule has 5 rings (SSSR count). The van der Waals surface area contributed by atoms with Crippen molar-refractivity contribution in [2.75, 3.05) is 0 Å². The molecule has 1 N–H and O–H groups in total. The molecule has 2 aromatic heterocycles. The number of rotatable bonds is 3. The summed E-state index contributed by atoms with van der Waals surface area (Å²) in [7, 11) is 0. The van der Waals surface area contributed by atoms with Crippen molar-refractivity contribution in [3.05, 3.63) is 93.1 Å². The Morgan fingerprint density at radius 2 is 1.67 bits per heavy atom. The Labute approximate surface area is 180 Å². The molecule has 0 saturated carbocycles. The molecule has 0 atom stereocenters. The summed E-state index contributed by atoms with van der Waals surface area (Å²) in [6.45, 7) is 2.05. The van der Waals surface area contributed by atoms with Gasteiger partial charge in [-0.3, -0.25) is 10.1 Å². The van der Waals surface area contributed by atoms with Crippen LogP contribution < -0.4 is 0 Å². The van der Waals surface area contributed by atoms with Crippen molar-refractivity contribution in [2.45, 2.75) is 6.92 Å². The van der Waals surface area contributed by atoms with E-state index in [1.54, 1.807) is 12.1 Å². The van der Waals surface area contributed by atoms with E-state index in [1.807, 2.05) is 30.5 Å². The standard InChI is InChI=1S/C24H16BrN3O2/c1-14-2-4-16(5-3-14)22-20(15-6-8-17(25)9-7-15)13-26-24-23(22)19-12-18(28(29)30)10-11-21(19)27-24/h2-13H,1H3,(H,26,27). The first-order chi connectivity index (χ1) is 14.5. The summed E-state index contributed by atoms with van der Waals surface area (Å²) in [4.78, 5) is 19.0. The number of aromatic amines is 1. The second kappa shape index (κ2) is 7.07. The van der Waals surface area contributed by atoms with Gasteiger partial charge in [-0.25, -0.2) is 4.98 Å². The average Bonchev–Trinajstić information content (AvgIpc) is 3.12. The highest BCUT2D eigenvalue weighted by Gasteiger charge is 2.19. The van der Waals surface area contributed by atoms with E-state index in [9.17, 15) is 10.1 Å². The molecule has 0 aliphatic heterocycles. The highest BCUT2D eigenvalue weighted by molar-refractivity contribution is 9.10. The van der Waals surface area contributed by atoms with Crippen LogP contribution in [0.1, 0.15) is 5.56 Å². The Balaban J connectivity index is 1.92. The summed E-state index contributed by atoms with van der Waals surface area (Å²) in [5.74, 6) is 0. The van der Waals surface area contributed by atoms with Gasteiger partial charge < -0.3 is 4.98 Å². The molecule has 3 aromatic carbocycles. The maximum Gasteiger partial charge on any atom is 0.270 e. The maximum absolute atomic E-state index is 11.4. The van der Waals surface area contributed by atoms with E-state index >= 15 is 0 Å². The van der Waals surface area contributed by atoms with Crippen LogP contribution in [0.5, 0.6) is 0 Å². The number of nitrogens with one attached hydrogen (secondary N) is 1. The number of nitro groups is 1. The third-order valence-corrected chi connectivity index (χ3v) is 5.84. The normalized spacial score (nSPS) is 11.3. The molecule has 0 aliphatic rings. The molecule has 2 heterocycles. The first-order valence-electron chi connectivity index (χ1n) is 9.43.